The first-order valence-corrected chi connectivity index (χ1v) is 10.2. The summed E-state index contributed by atoms with van der Waals surface area (Å²) in [6.07, 6.45) is 0.464. The summed E-state index contributed by atoms with van der Waals surface area (Å²) < 4.78 is 33.0. The first kappa shape index (κ1) is 28.8. The molecule has 0 heterocycles. The van der Waals surface area contributed by atoms with E-state index < -0.39 is 17.6 Å². The number of halogens is 2. The smallest absolute Gasteiger partial charge is 0.303 e. The number of rotatable bonds is 5. The average molecular weight is 411 g/mol. The molecule has 0 atom stereocenters. The summed E-state index contributed by atoms with van der Waals surface area (Å²) in [5.41, 5.74) is 2.33. The van der Waals surface area contributed by atoms with Crippen molar-refractivity contribution in [1.82, 2.24) is 0 Å². The molecule has 0 bridgehead atoms. The summed E-state index contributed by atoms with van der Waals surface area (Å²) in [7, 11) is 0. The molecule has 0 saturated heterocycles. The Kier molecular flexibility index (Phi) is 15.4. The van der Waals surface area contributed by atoms with Gasteiger partial charge in [0, 0.05) is 12.0 Å². The molecule has 0 fully saturated rings. The van der Waals surface area contributed by atoms with Gasteiger partial charge in [-0.1, -0.05) is 53.7 Å². The van der Waals surface area contributed by atoms with Gasteiger partial charge in [0.15, 0.2) is 11.6 Å². The predicted octanol–water partition coefficient (Wildman–Crippen LogP) is 7.78. The van der Waals surface area contributed by atoms with Crippen LogP contribution in [0.1, 0.15) is 70.2 Å². The zero-order valence-corrected chi connectivity index (χ0v) is 19.2. The lowest BCUT2D eigenvalue weighted by atomic mass is 10.0. The van der Waals surface area contributed by atoms with E-state index in [1.165, 1.54) is 19.1 Å². The van der Waals surface area contributed by atoms with E-state index in [0.29, 0.717) is 12.2 Å². The van der Waals surface area contributed by atoms with E-state index in [-0.39, 0.29) is 17.7 Å². The third-order valence-corrected chi connectivity index (χ3v) is 3.64. The molecular weight excluding hydrogens is 374 g/mol. The molecule has 0 unspecified atom stereocenters. The highest BCUT2D eigenvalue weighted by atomic mass is 19.1. The summed E-state index contributed by atoms with van der Waals surface area (Å²) >= 11 is 0. The SMILES string of the molecule is CC.CC.CC.Cc1cc(CCC(=O)O)cc(C)c1Oc1ccc(F)c(C)c1F. The van der Waals surface area contributed by atoms with Crippen molar-refractivity contribution < 1.29 is 23.4 Å². The summed E-state index contributed by atoms with van der Waals surface area (Å²) in [4.78, 5) is 10.7. The van der Waals surface area contributed by atoms with Crippen molar-refractivity contribution in [3.05, 3.63) is 58.2 Å². The molecule has 0 aliphatic carbocycles. The van der Waals surface area contributed by atoms with Crippen molar-refractivity contribution in [1.29, 1.82) is 0 Å². The number of aryl methyl sites for hydroxylation is 3. The number of carboxylic acids is 1. The minimum atomic E-state index is -0.857. The molecule has 0 aliphatic heterocycles. The van der Waals surface area contributed by atoms with Gasteiger partial charge in [0.05, 0.1) is 0 Å². The van der Waals surface area contributed by atoms with E-state index in [9.17, 15) is 13.6 Å². The quantitative estimate of drug-likeness (QED) is 0.547. The molecule has 29 heavy (non-hydrogen) atoms. The lowest BCUT2D eigenvalue weighted by Gasteiger charge is -2.15. The van der Waals surface area contributed by atoms with Crippen LogP contribution in [0.3, 0.4) is 0 Å². The number of ether oxygens (including phenoxy) is 1. The number of carbonyl (C=O) groups is 1. The van der Waals surface area contributed by atoms with Gasteiger partial charge in [0.2, 0.25) is 0 Å². The van der Waals surface area contributed by atoms with Crippen molar-refractivity contribution in [2.75, 3.05) is 0 Å². The molecule has 2 aromatic rings. The molecule has 0 radical (unpaired) electrons. The van der Waals surface area contributed by atoms with Crippen LogP contribution in [0.2, 0.25) is 0 Å². The van der Waals surface area contributed by atoms with Crippen LogP contribution in [0.4, 0.5) is 8.78 Å². The Bertz CT molecular complexity index is 733. The number of hydrogen-bond donors (Lipinski definition) is 1. The van der Waals surface area contributed by atoms with Gasteiger partial charge in [-0.25, -0.2) is 8.78 Å². The van der Waals surface area contributed by atoms with Crippen LogP contribution in [-0.4, -0.2) is 11.1 Å². The lowest BCUT2D eigenvalue weighted by molar-refractivity contribution is -0.136. The van der Waals surface area contributed by atoms with Crippen LogP contribution in [-0.2, 0) is 11.2 Å². The number of carboxylic acid groups (broad SMARTS) is 1. The van der Waals surface area contributed by atoms with Crippen molar-refractivity contribution in [2.24, 2.45) is 0 Å². The van der Waals surface area contributed by atoms with Gasteiger partial charge in [0.1, 0.15) is 11.6 Å². The van der Waals surface area contributed by atoms with E-state index in [1.54, 1.807) is 13.8 Å². The van der Waals surface area contributed by atoms with Gasteiger partial charge in [-0.05, 0) is 56.0 Å². The summed E-state index contributed by atoms with van der Waals surface area (Å²) in [6, 6.07) is 6.06. The molecule has 2 rings (SSSR count). The zero-order chi connectivity index (χ0) is 23.1. The van der Waals surface area contributed by atoms with Gasteiger partial charge in [-0.2, -0.15) is 0 Å². The second kappa shape index (κ2) is 15.5. The van der Waals surface area contributed by atoms with Crippen LogP contribution < -0.4 is 4.74 Å². The van der Waals surface area contributed by atoms with Crippen LogP contribution in [0.5, 0.6) is 11.5 Å². The maximum absolute atomic E-state index is 14.1. The van der Waals surface area contributed by atoms with E-state index in [1.807, 2.05) is 53.7 Å². The molecule has 3 nitrogen and oxygen atoms in total. The first-order valence-electron chi connectivity index (χ1n) is 10.2. The Morgan fingerprint density at radius 1 is 0.931 bits per heavy atom. The Labute approximate surface area is 174 Å². The van der Waals surface area contributed by atoms with Crippen LogP contribution in [0, 0.1) is 32.4 Å². The number of hydrogen-bond acceptors (Lipinski definition) is 2. The third-order valence-electron chi connectivity index (χ3n) is 3.64. The summed E-state index contributed by atoms with van der Waals surface area (Å²) in [6.45, 7) is 17.0. The minimum Gasteiger partial charge on any atom is -0.481 e. The van der Waals surface area contributed by atoms with Crippen LogP contribution in [0.25, 0.3) is 0 Å². The van der Waals surface area contributed by atoms with E-state index in [0.717, 1.165) is 16.7 Å². The molecular formula is C24H36F2O3. The Morgan fingerprint density at radius 3 is 1.86 bits per heavy atom. The second-order valence-electron chi connectivity index (χ2n) is 5.54. The molecule has 0 aliphatic rings. The molecule has 0 saturated carbocycles. The minimum absolute atomic E-state index is 0.0339. The Morgan fingerprint density at radius 2 is 1.41 bits per heavy atom. The maximum Gasteiger partial charge on any atom is 0.303 e. The molecule has 2 aromatic carbocycles. The van der Waals surface area contributed by atoms with Crippen molar-refractivity contribution in [3.8, 4) is 11.5 Å². The van der Waals surface area contributed by atoms with Crippen LogP contribution >= 0.6 is 0 Å². The van der Waals surface area contributed by atoms with E-state index >= 15 is 0 Å². The Hall–Kier alpha value is -2.43. The van der Waals surface area contributed by atoms with Gasteiger partial charge in [-0.3, -0.25) is 4.79 Å². The Balaban J connectivity index is 0. The van der Waals surface area contributed by atoms with Gasteiger partial charge < -0.3 is 9.84 Å². The van der Waals surface area contributed by atoms with E-state index in [2.05, 4.69) is 0 Å². The fourth-order valence-corrected chi connectivity index (χ4v) is 2.42. The normalized spacial score (nSPS) is 9.07. The van der Waals surface area contributed by atoms with Gasteiger partial charge >= 0.3 is 5.97 Å². The van der Waals surface area contributed by atoms with E-state index in [4.69, 9.17) is 9.84 Å². The first-order chi connectivity index (χ1) is 13.8. The summed E-state index contributed by atoms with van der Waals surface area (Å²) in [5.74, 6) is -1.74. The average Bonchev–Trinajstić information content (AvgIpc) is 2.73. The third kappa shape index (κ3) is 9.07. The monoisotopic (exact) mass is 410 g/mol. The molecule has 1 N–H and O–H groups in total. The molecule has 0 aromatic heterocycles. The summed E-state index contributed by atoms with van der Waals surface area (Å²) in [5, 5.41) is 8.74. The fourth-order valence-electron chi connectivity index (χ4n) is 2.42. The highest BCUT2D eigenvalue weighted by molar-refractivity contribution is 5.67. The molecule has 5 heteroatoms. The zero-order valence-electron chi connectivity index (χ0n) is 19.2. The number of aliphatic carboxylic acids is 1. The second-order valence-corrected chi connectivity index (χ2v) is 5.54. The van der Waals surface area contributed by atoms with Crippen molar-refractivity contribution in [2.45, 2.75) is 75.2 Å². The standard InChI is InChI=1S/C18H18F2O3.3C2H6/c1-10-8-13(4-7-16(21)22)9-11(2)18(10)23-15-6-5-14(19)12(3)17(15)20;3*1-2/h5-6,8-9H,4,7H2,1-3H3,(H,21,22);3*1-2H3. The highest BCUT2D eigenvalue weighted by Gasteiger charge is 2.14. The fraction of sp³-hybridized carbons (Fsp3) is 0.458. The molecule has 0 amide bonds. The van der Waals surface area contributed by atoms with Gasteiger partial charge in [-0.15, -0.1) is 0 Å². The predicted molar refractivity (Wildman–Crippen MR) is 117 cm³/mol. The molecule has 164 valence electrons. The largest absolute Gasteiger partial charge is 0.481 e. The number of benzene rings is 2. The highest BCUT2D eigenvalue weighted by Crippen LogP contribution is 2.33. The van der Waals surface area contributed by atoms with Crippen molar-refractivity contribution in [3.63, 3.8) is 0 Å². The van der Waals surface area contributed by atoms with Gasteiger partial charge in [0.25, 0.3) is 0 Å². The maximum atomic E-state index is 14.1. The topological polar surface area (TPSA) is 46.5 Å². The lowest BCUT2D eigenvalue weighted by Crippen LogP contribution is -2.00. The molecule has 0 spiro atoms. The van der Waals surface area contributed by atoms with Crippen LogP contribution in [0.15, 0.2) is 24.3 Å². The van der Waals surface area contributed by atoms with Crippen molar-refractivity contribution >= 4 is 5.97 Å².